The van der Waals surface area contributed by atoms with Gasteiger partial charge in [0.2, 0.25) is 0 Å². The van der Waals surface area contributed by atoms with Crippen LogP contribution in [0.1, 0.15) is 15.9 Å². The minimum Gasteiger partial charge on any atom is -0.495 e. The Labute approximate surface area is 172 Å². The largest absolute Gasteiger partial charge is 0.495 e. The highest BCUT2D eigenvalue weighted by Crippen LogP contribution is 2.31. The molecule has 0 atom stereocenters. The zero-order chi connectivity index (χ0) is 20.0. The number of rotatable bonds is 8. The van der Waals surface area contributed by atoms with E-state index in [0.29, 0.717) is 35.7 Å². The van der Waals surface area contributed by atoms with Crippen molar-refractivity contribution in [2.45, 2.75) is 11.8 Å². The second-order valence-corrected chi connectivity index (χ2v) is 7.95. The van der Waals surface area contributed by atoms with E-state index >= 15 is 0 Å². The van der Waals surface area contributed by atoms with Crippen molar-refractivity contribution in [1.29, 1.82) is 0 Å². The second-order valence-electron chi connectivity index (χ2n) is 5.98. The van der Waals surface area contributed by atoms with E-state index < -0.39 is 10.0 Å². The number of hydrogen-bond donors (Lipinski definition) is 2. The van der Waals surface area contributed by atoms with Gasteiger partial charge in [-0.05, 0) is 43.8 Å². The number of ether oxygens (including phenoxy) is 1. The quantitative estimate of drug-likeness (QED) is 0.630. The van der Waals surface area contributed by atoms with E-state index in [-0.39, 0.29) is 23.2 Å². The number of amides is 1. The lowest BCUT2D eigenvalue weighted by atomic mass is 10.1. The van der Waals surface area contributed by atoms with Crippen molar-refractivity contribution in [3.63, 3.8) is 0 Å². The van der Waals surface area contributed by atoms with Crippen molar-refractivity contribution in [2.75, 3.05) is 38.6 Å². The molecule has 0 heterocycles. The Morgan fingerprint density at radius 2 is 1.82 bits per heavy atom. The molecule has 0 aliphatic rings. The van der Waals surface area contributed by atoms with Gasteiger partial charge in [0.15, 0.2) is 0 Å². The maximum atomic E-state index is 13.1. The van der Waals surface area contributed by atoms with Gasteiger partial charge in [0.05, 0.1) is 17.7 Å². The van der Waals surface area contributed by atoms with Crippen LogP contribution in [0.15, 0.2) is 47.4 Å². The Balaban J connectivity index is 0.00000392. The molecule has 0 unspecified atom stereocenters. The number of benzene rings is 2. The molecular weight excluding hydrogens is 402 g/mol. The number of methoxy groups -OCH3 is 1. The average Bonchev–Trinajstić information content (AvgIpc) is 2.67. The van der Waals surface area contributed by atoms with Gasteiger partial charge in [-0.3, -0.25) is 9.10 Å². The summed E-state index contributed by atoms with van der Waals surface area (Å²) in [5.41, 5.74) is 1.46. The molecule has 0 fully saturated rings. The fourth-order valence-corrected chi connectivity index (χ4v) is 3.81. The van der Waals surface area contributed by atoms with Gasteiger partial charge >= 0.3 is 0 Å². The highest BCUT2D eigenvalue weighted by Gasteiger charge is 2.25. The van der Waals surface area contributed by atoms with Gasteiger partial charge in [0.25, 0.3) is 15.9 Å². The monoisotopic (exact) mass is 427 g/mol. The van der Waals surface area contributed by atoms with Crippen LogP contribution in [0.2, 0.25) is 0 Å². The van der Waals surface area contributed by atoms with Crippen molar-refractivity contribution < 1.29 is 17.9 Å². The molecule has 154 valence electrons. The summed E-state index contributed by atoms with van der Waals surface area (Å²) in [6.45, 7) is 2.85. The third-order valence-electron chi connectivity index (χ3n) is 4.20. The predicted molar refractivity (Wildman–Crippen MR) is 113 cm³/mol. The molecule has 0 aliphatic carbocycles. The number of hydrogen-bond acceptors (Lipinski definition) is 5. The molecule has 0 bridgehead atoms. The van der Waals surface area contributed by atoms with Crippen LogP contribution in [0.3, 0.4) is 0 Å². The molecule has 2 aromatic carbocycles. The van der Waals surface area contributed by atoms with Crippen LogP contribution in [0, 0.1) is 6.92 Å². The SMILES string of the molecule is CNCCNC(=O)c1cc(S(=O)(=O)N(C)c2ccccc2OC)ccc1C.Cl. The fraction of sp³-hybridized carbons (Fsp3) is 0.316. The summed E-state index contributed by atoms with van der Waals surface area (Å²) in [6.07, 6.45) is 0. The molecule has 28 heavy (non-hydrogen) atoms. The number of nitrogens with one attached hydrogen (secondary N) is 2. The van der Waals surface area contributed by atoms with E-state index in [2.05, 4.69) is 10.6 Å². The molecule has 0 saturated heterocycles. The summed E-state index contributed by atoms with van der Waals surface area (Å²) in [4.78, 5) is 12.4. The standard InChI is InChI=1S/C19H25N3O4S.ClH/c1-14-9-10-15(13-16(14)19(23)21-12-11-20-2)27(24,25)22(3)17-7-5-6-8-18(17)26-4;/h5-10,13,20H,11-12H2,1-4H3,(H,21,23);1H. The zero-order valence-corrected chi connectivity index (χ0v) is 18.0. The summed E-state index contributed by atoms with van der Waals surface area (Å²) in [6, 6.07) is 11.4. The lowest BCUT2D eigenvalue weighted by Gasteiger charge is -2.22. The van der Waals surface area contributed by atoms with Crippen molar-refractivity contribution in [1.82, 2.24) is 10.6 Å². The number of carbonyl (C=O) groups excluding carboxylic acids is 1. The minimum atomic E-state index is -3.86. The summed E-state index contributed by atoms with van der Waals surface area (Å²) in [5.74, 6) is 0.139. The maximum absolute atomic E-state index is 13.1. The number of anilines is 1. The van der Waals surface area contributed by atoms with Crippen LogP contribution < -0.4 is 19.7 Å². The lowest BCUT2D eigenvalue weighted by molar-refractivity contribution is 0.0953. The Kier molecular flexibility index (Phi) is 8.74. The zero-order valence-electron chi connectivity index (χ0n) is 16.4. The van der Waals surface area contributed by atoms with Crippen LogP contribution >= 0.6 is 12.4 Å². The molecule has 0 aromatic heterocycles. The van der Waals surface area contributed by atoms with Crippen molar-refractivity contribution >= 4 is 34.0 Å². The van der Waals surface area contributed by atoms with E-state index in [0.717, 1.165) is 4.31 Å². The molecular formula is C19H26ClN3O4S. The van der Waals surface area contributed by atoms with E-state index in [9.17, 15) is 13.2 Å². The minimum absolute atomic E-state index is 0. The average molecular weight is 428 g/mol. The number of carbonyl (C=O) groups is 1. The number of likely N-dealkylation sites (N-methyl/N-ethyl adjacent to an activating group) is 1. The Hall–Kier alpha value is -2.29. The Morgan fingerprint density at radius 1 is 1.14 bits per heavy atom. The van der Waals surface area contributed by atoms with Gasteiger partial charge in [-0.15, -0.1) is 12.4 Å². The van der Waals surface area contributed by atoms with Crippen LogP contribution in [-0.4, -0.2) is 48.6 Å². The topological polar surface area (TPSA) is 87.7 Å². The van der Waals surface area contributed by atoms with Gasteiger partial charge in [-0.1, -0.05) is 18.2 Å². The molecule has 2 rings (SSSR count). The molecule has 7 nitrogen and oxygen atoms in total. The number of aryl methyl sites for hydroxylation is 1. The molecule has 9 heteroatoms. The number of sulfonamides is 1. The highest BCUT2D eigenvalue weighted by atomic mass is 35.5. The van der Waals surface area contributed by atoms with Gasteiger partial charge in [-0.25, -0.2) is 8.42 Å². The first-order chi connectivity index (χ1) is 12.8. The van der Waals surface area contributed by atoms with Crippen molar-refractivity contribution in [3.8, 4) is 5.75 Å². The van der Waals surface area contributed by atoms with Gasteiger partial charge in [-0.2, -0.15) is 0 Å². The van der Waals surface area contributed by atoms with Crippen LogP contribution in [0.25, 0.3) is 0 Å². The first-order valence-corrected chi connectivity index (χ1v) is 9.92. The normalized spacial score (nSPS) is 10.7. The lowest BCUT2D eigenvalue weighted by Crippen LogP contribution is -2.31. The van der Waals surface area contributed by atoms with Gasteiger partial charge < -0.3 is 15.4 Å². The molecule has 0 saturated carbocycles. The first kappa shape index (κ1) is 23.7. The maximum Gasteiger partial charge on any atom is 0.264 e. The van der Waals surface area contributed by atoms with Crippen molar-refractivity contribution in [2.24, 2.45) is 0 Å². The summed E-state index contributed by atoms with van der Waals surface area (Å²) in [7, 11) is 0.871. The Bertz CT molecular complexity index is 919. The predicted octanol–water partition coefficient (Wildman–Crippen LogP) is 2.20. The molecule has 2 N–H and O–H groups in total. The fourth-order valence-electron chi connectivity index (χ4n) is 2.58. The Morgan fingerprint density at radius 3 is 2.46 bits per heavy atom. The van der Waals surface area contributed by atoms with E-state index in [4.69, 9.17) is 4.74 Å². The third-order valence-corrected chi connectivity index (χ3v) is 5.96. The van der Waals surface area contributed by atoms with Crippen LogP contribution in [0.4, 0.5) is 5.69 Å². The third kappa shape index (κ3) is 5.15. The van der Waals surface area contributed by atoms with E-state index in [1.54, 1.807) is 44.3 Å². The molecule has 0 spiro atoms. The van der Waals surface area contributed by atoms with Gasteiger partial charge in [0.1, 0.15) is 5.75 Å². The second kappa shape index (κ2) is 10.3. The van der Waals surface area contributed by atoms with E-state index in [1.165, 1.54) is 26.3 Å². The van der Waals surface area contributed by atoms with Crippen LogP contribution in [0.5, 0.6) is 5.75 Å². The summed E-state index contributed by atoms with van der Waals surface area (Å²) in [5, 5.41) is 5.71. The number of nitrogens with zero attached hydrogens (tertiary/aromatic N) is 1. The summed E-state index contributed by atoms with van der Waals surface area (Å²) < 4.78 is 32.6. The number of para-hydroxylation sites is 2. The van der Waals surface area contributed by atoms with E-state index in [1.807, 2.05) is 0 Å². The van der Waals surface area contributed by atoms with Gasteiger partial charge in [0, 0.05) is 25.7 Å². The molecule has 0 radical (unpaired) electrons. The molecule has 1 amide bonds. The van der Waals surface area contributed by atoms with Crippen LogP contribution in [-0.2, 0) is 10.0 Å². The van der Waals surface area contributed by atoms with Crippen molar-refractivity contribution in [3.05, 3.63) is 53.6 Å². The highest BCUT2D eigenvalue weighted by molar-refractivity contribution is 7.92. The molecule has 2 aromatic rings. The number of halogens is 1. The molecule has 0 aliphatic heterocycles. The smallest absolute Gasteiger partial charge is 0.264 e. The summed E-state index contributed by atoms with van der Waals surface area (Å²) >= 11 is 0. The first-order valence-electron chi connectivity index (χ1n) is 8.48.